The second-order valence-electron chi connectivity index (χ2n) is 10.3. The van der Waals surface area contributed by atoms with Gasteiger partial charge in [0.05, 0.1) is 29.4 Å². The van der Waals surface area contributed by atoms with Gasteiger partial charge in [0.25, 0.3) is 5.91 Å². The van der Waals surface area contributed by atoms with E-state index in [1.807, 2.05) is 63.0 Å². The summed E-state index contributed by atoms with van der Waals surface area (Å²) in [6.07, 6.45) is 10.1. The molecule has 0 bridgehead atoms. The first-order valence-electron chi connectivity index (χ1n) is 13.6. The lowest BCUT2D eigenvalue weighted by molar-refractivity contribution is -0.137. The molecule has 0 unspecified atom stereocenters. The Labute approximate surface area is 222 Å². The number of likely N-dealkylation sites (tertiary alicyclic amines) is 2. The Morgan fingerprint density at radius 1 is 0.868 bits per heavy atom. The highest BCUT2D eigenvalue weighted by molar-refractivity contribution is 6.06. The minimum atomic E-state index is -0.0260. The van der Waals surface area contributed by atoms with Crippen LogP contribution in [0.2, 0.25) is 0 Å². The van der Waals surface area contributed by atoms with Crippen molar-refractivity contribution >= 4 is 22.8 Å². The summed E-state index contributed by atoms with van der Waals surface area (Å²) in [5.41, 5.74) is 4.04. The number of pyridine rings is 2. The van der Waals surface area contributed by atoms with Gasteiger partial charge in [-0.1, -0.05) is 30.3 Å². The Bertz CT molecular complexity index is 1420. The standard InChI is InChI=1S/C30H32N6O2/c37-29(34-15-5-2-6-16-34)24-11-17-35(18-12-24)30(38)25-19-27(23-7-3-1-4-8-23)33-28-26(25)20-32-36(28)21-22-9-13-31-14-10-22/h1,3-4,7-10,13-14,19-20,24H,2,5-6,11-12,15-18,21H2. The Morgan fingerprint density at radius 3 is 2.34 bits per heavy atom. The molecule has 38 heavy (non-hydrogen) atoms. The largest absolute Gasteiger partial charge is 0.342 e. The molecule has 8 heteroatoms. The van der Waals surface area contributed by atoms with Gasteiger partial charge in [-0.2, -0.15) is 5.10 Å². The molecule has 0 aliphatic carbocycles. The van der Waals surface area contributed by atoms with Crippen molar-refractivity contribution in [3.8, 4) is 11.3 Å². The fourth-order valence-corrected chi connectivity index (χ4v) is 5.63. The minimum Gasteiger partial charge on any atom is -0.342 e. The van der Waals surface area contributed by atoms with E-state index in [1.54, 1.807) is 18.6 Å². The number of nitrogens with zero attached hydrogens (tertiary/aromatic N) is 6. The average Bonchev–Trinajstić information content (AvgIpc) is 3.40. The molecule has 0 saturated carbocycles. The van der Waals surface area contributed by atoms with Gasteiger partial charge >= 0.3 is 0 Å². The van der Waals surface area contributed by atoms with Crippen LogP contribution in [-0.4, -0.2) is 67.5 Å². The van der Waals surface area contributed by atoms with Crippen molar-refractivity contribution in [1.29, 1.82) is 0 Å². The van der Waals surface area contributed by atoms with E-state index in [4.69, 9.17) is 4.98 Å². The zero-order valence-corrected chi connectivity index (χ0v) is 21.5. The van der Waals surface area contributed by atoms with Crippen LogP contribution in [0.3, 0.4) is 0 Å². The van der Waals surface area contributed by atoms with Crippen LogP contribution in [0.15, 0.2) is 67.1 Å². The number of fused-ring (bicyclic) bond motifs is 1. The average molecular weight is 509 g/mol. The first kappa shape index (κ1) is 24.3. The van der Waals surface area contributed by atoms with Crippen LogP contribution in [0.4, 0.5) is 0 Å². The van der Waals surface area contributed by atoms with Gasteiger partial charge in [-0.15, -0.1) is 0 Å². The second-order valence-corrected chi connectivity index (χ2v) is 10.3. The zero-order chi connectivity index (χ0) is 25.9. The van der Waals surface area contributed by atoms with E-state index in [-0.39, 0.29) is 17.7 Å². The summed E-state index contributed by atoms with van der Waals surface area (Å²) in [5, 5.41) is 5.36. The Morgan fingerprint density at radius 2 is 1.61 bits per heavy atom. The fraction of sp³-hybridized carbons (Fsp3) is 0.367. The van der Waals surface area contributed by atoms with Crippen molar-refractivity contribution in [3.05, 3.63) is 78.2 Å². The molecule has 0 spiro atoms. The van der Waals surface area contributed by atoms with Crippen molar-refractivity contribution < 1.29 is 9.59 Å². The lowest BCUT2D eigenvalue weighted by Crippen LogP contribution is -2.45. The third-order valence-electron chi connectivity index (χ3n) is 7.79. The van der Waals surface area contributed by atoms with Crippen molar-refractivity contribution in [2.45, 2.75) is 38.6 Å². The molecular weight excluding hydrogens is 476 g/mol. The predicted octanol–water partition coefficient (Wildman–Crippen LogP) is 4.41. The highest BCUT2D eigenvalue weighted by atomic mass is 16.2. The molecule has 3 aromatic heterocycles. The maximum atomic E-state index is 13.9. The fourth-order valence-electron chi connectivity index (χ4n) is 5.63. The van der Waals surface area contributed by atoms with Crippen LogP contribution in [0.5, 0.6) is 0 Å². The number of aromatic nitrogens is 4. The van der Waals surface area contributed by atoms with Gasteiger partial charge in [0.2, 0.25) is 5.91 Å². The maximum absolute atomic E-state index is 13.9. The van der Waals surface area contributed by atoms with Crippen LogP contribution in [0, 0.1) is 5.92 Å². The summed E-state index contributed by atoms with van der Waals surface area (Å²) in [6, 6.07) is 15.7. The molecule has 6 rings (SSSR count). The van der Waals surface area contributed by atoms with Crippen molar-refractivity contribution in [2.75, 3.05) is 26.2 Å². The zero-order valence-electron chi connectivity index (χ0n) is 21.5. The highest BCUT2D eigenvalue weighted by Gasteiger charge is 2.32. The first-order valence-corrected chi connectivity index (χ1v) is 13.6. The minimum absolute atomic E-state index is 0.0117. The summed E-state index contributed by atoms with van der Waals surface area (Å²) in [6.45, 7) is 3.45. The highest BCUT2D eigenvalue weighted by Crippen LogP contribution is 2.28. The molecule has 4 aromatic rings. The summed E-state index contributed by atoms with van der Waals surface area (Å²) >= 11 is 0. The molecular formula is C30H32N6O2. The van der Waals surface area contributed by atoms with Gasteiger partial charge in [0, 0.05) is 50.1 Å². The monoisotopic (exact) mass is 508 g/mol. The van der Waals surface area contributed by atoms with E-state index in [1.165, 1.54) is 6.42 Å². The molecule has 0 N–H and O–H groups in total. The summed E-state index contributed by atoms with van der Waals surface area (Å²) in [5.74, 6) is 0.256. The molecule has 8 nitrogen and oxygen atoms in total. The smallest absolute Gasteiger partial charge is 0.254 e. The molecule has 2 amide bonds. The molecule has 5 heterocycles. The first-order chi connectivity index (χ1) is 18.7. The number of benzene rings is 1. The van der Waals surface area contributed by atoms with Crippen molar-refractivity contribution in [3.63, 3.8) is 0 Å². The maximum Gasteiger partial charge on any atom is 0.254 e. The lowest BCUT2D eigenvalue weighted by Gasteiger charge is -2.35. The molecule has 0 radical (unpaired) electrons. The van der Waals surface area contributed by atoms with E-state index < -0.39 is 0 Å². The molecule has 2 aliphatic heterocycles. The Kier molecular flexibility index (Phi) is 6.86. The normalized spacial score (nSPS) is 16.6. The number of carbonyl (C=O) groups excluding carboxylic acids is 2. The molecule has 2 saturated heterocycles. The number of amides is 2. The molecule has 1 aromatic carbocycles. The quantitative estimate of drug-likeness (QED) is 0.399. The van der Waals surface area contributed by atoms with E-state index >= 15 is 0 Å². The topological polar surface area (TPSA) is 84.2 Å². The molecule has 0 atom stereocenters. The van der Waals surface area contributed by atoms with Gasteiger partial charge in [-0.25, -0.2) is 9.67 Å². The second kappa shape index (κ2) is 10.7. The summed E-state index contributed by atoms with van der Waals surface area (Å²) in [7, 11) is 0. The van der Waals surface area contributed by atoms with Crippen molar-refractivity contribution in [1.82, 2.24) is 29.5 Å². The SMILES string of the molecule is O=C(c1cc(-c2ccccc2)nc2c1cnn2Cc1ccncc1)N1CCC(C(=O)N2CCCCC2)CC1. The molecule has 2 aliphatic rings. The van der Waals surface area contributed by atoms with Crippen LogP contribution < -0.4 is 0 Å². The van der Waals surface area contributed by atoms with E-state index in [0.717, 1.165) is 48.1 Å². The van der Waals surface area contributed by atoms with Crippen molar-refractivity contribution in [2.24, 2.45) is 5.92 Å². The number of hydrogen-bond donors (Lipinski definition) is 0. The number of carbonyl (C=O) groups is 2. The molecule has 2 fully saturated rings. The van der Waals surface area contributed by atoms with Gasteiger partial charge in [0.1, 0.15) is 0 Å². The van der Waals surface area contributed by atoms with Crippen LogP contribution in [-0.2, 0) is 11.3 Å². The van der Waals surface area contributed by atoms with E-state index in [0.29, 0.717) is 43.7 Å². The van der Waals surface area contributed by atoms with Gasteiger partial charge in [-0.05, 0) is 55.9 Å². The van der Waals surface area contributed by atoms with Crippen LogP contribution in [0.25, 0.3) is 22.3 Å². The van der Waals surface area contributed by atoms with Crippen LogP contribution >= 0.6 is 0 Å². The summed E-state index contributed by atoms with van der Waals surface area (Å²) in [4.78, 5) is 39.9. The van der Waals surface area contributed by atoms with Gasteiger partial charge in [0.15, 0.2) is 5.65 Å². The van der Waals surface area contributed by atoms with Gasteiger partial charge < -0.3 is 9.80 Å². The third-order valence-corrected chi connectivity index (χ3v) is 7.79. The van der Waals surface area contributed by atoms with E-state index in [2.05, 4.69) is 10.1 Å². The predicted molar refractivity (Wildman–Crippen MR) is 145 cm³/mol. The molecule has 194 valence electrons. The lowest BCUT2D eigenvalue weighted by atomic mass is 9.93. The Balaban J connectivity index is 1.28. The number of piperidine rings is 2. The third kappa shape index (κ3) is 4.90. The number of rotatable bonds is 5. The summed E-state index contributed by atoms with van der Waals surface area (Å²) < 4.78 is 1.84. The Hall–Kier alpha value is -4.07. The van der Waals surface area contributed by atoms with Gasteiger partial charge in [-0.3, -0.25) is 14.6 Å². The number of hydrogen-bond acceptors (Lipinski definition) is 5. The van der Waals surface area contributed by atoms with Crippen LogP contribution in [0.1, 0.15) is 48.0 Å². The van der Waals surface area contributed by atoms with E-state index in [9.17, 15) is 9.59 Å².